The summed E-state index contributed by atoms with van der Waals surface area (Å²) in [6.07, 6.45) is -0.297. The summed E-state index contributed by atoms with van der Waals surface area (Å²) in [5, 5.41) is 8.81. The lowest BCUT2D eigenvalue weighted by atomic mass is 10.2. The molecule has 0 bridgehead atoms. The second-order valence-electron chi connectivity index (χ2n) is 6.29. The number of benzene rings is 2. The van der Waals surface area contributed by atoms with Gasteiger partial charge in [0.25, 0.3) is 0 Å². The van der Waals surface area contributed by atoms with E-state index in [0.717, 1.165) is 11.3 Å². The van der Waals surface area contributed by atoms with E-state index in [1.807, 2.05) is 31.2 Å². The topological polar surface area (TPSA) is 84.0 Å². The van der Waals surface area contributed by atoms with Crippen LogP contribution in [0.15, 0.2) is 53.5 Å². The van der Waals surface area contributed by atoms with Gasteiger partial charge in [-0.3, -0.25) is 9.79 Å². The predicted octanol–water partition coefficient (Wildman–Crippen LogP) is 2.70. The van der Waals surface area contributed by atoms with Gasteiger partial charge in [-0.05, 0) is 36.8 Å². The summed E-state index contributed by atoms with van der Waals surface area (Å²) >= 11 is 0. The number of aliphatic imine (C=N–C) groups is 1. The lowest BCUT2D eigenvalue weighted by Crippen LogP contribution is -2.45. The SMILES string of the molecule is CN=C(NCC(=O)NCc1ccc(OC)cc1)NCC(C)Oc1ccccc1F.I. The molecular weight excluding hydrogens is 502 g/mol. The summed E-state index contributed by atoms with van der Waals surface area (Å²) in [7, 11) is 3.21. The van der Waals surface area contributed by atoms with Crippen LogP contribution in [0.5, 0.6) is 11.5 Å². The molecule has 0 aliphatic heterocycles. The summed E-state index contributed by atoms with van der Waals surface area (Å²) < 4.78 is 24.3. The van der Waals surface area contributed by atoms with Gasteiger partial charge in [-0.2, -0.15) is 0 Å². The van der Waals surface area contributed by atoms with Gasteiger partial charge in [-0.15, -0.1) is 24.0 Å². The third-order valence-corrected chi connectivity index (χ3v) is 4.01. The normalized spacial score (nSPS) is 11.7. The summed E-state index contributed by atoms with van der Waals surface area (Å²) in [4.78, 5) is 16.1. The second-order valence-corrected chi connectivity index (χ2v) is 6.29. The fraction of sp³-hybridized carbons (Fsp3) is 0.333. The number of amides is 1. The molecule has 1 unspecified atom stereocenters. The van der Waals surface area contributed by atoms with Crippen molar-refractivity contribution in [3.8, 4) is 11.5 Å². The van der Waals surface area contributed by atoms with Gasteiger partial charge in [-0.1, -0.05) is 24.3 Å². The summed E-state index contributed by atoms with van der Waals surface area (Å²) in [5.74, 6) is 0.843. The molecular formula is C21H28FIN4O3. The van der Waals surface area contributed by atoms with Gasteiger partial charge in [0, 0.05) is 13.6 Å². The molecule has 164 valence electrons. The van der Waals surface area contributed by atoms with E-state index in [9.17, 15) is 9.18 Å². The first-order valence-corrected chi connectivity index (χ1v) is 9.27. The molecule has 2 aromatic carbocycles. The maximum absolute atomic E-state index is 13.6. The van der Waals surface area contributed by atoms with E-state index in [-0.39, 0.29) is 48.3 Å². The Morgan fingerprint density at radius 3 is 2.43 bits per heavy atom. The van der Waals surface area contributed by atoms with Crippen molar-refractivity contribution in [1.29, 1.82) is 0 Å². The molecule has 0 spiro atoms. The molecule has 0 aliphatic rings. The minimum Gasteiger partial charge on any atom is -0.497 e. The van der Waals surface area contributed by atoms with Crippen molar-refractivity contribution in [1.82, 2.24) is 16.0 Å². The molecule has 0 saturated carbocycles. The van der Waals surface area contributed by atoms with E-state index in [0.29, 0.717) is 19.0 Å². The highest BCUT2D eigenvalue weighted by Gasteiger charge is 2.09. The molecule has 0 radical (unpaired) electrons. The Morgan fingerprint density at radius 2 is 1.80 bits per heavy atom. The molecule has 0 aliphatic carbocycles. The van der Waals surface area contributed by atoms with Gasteiger partial charge in [0.1, 0.15) is 11.9 Å². The number of methoxy groups -OCH3 is 1. The fourth-order valence-corrected chi connectivity index (χ4v) is 2.43. The molecule has 0 fully saturated rings. The number of nitrogens with zero attached hydrogens (tertiary/aromatic N) is 1. The maximum Gasteiger partial charge on any atom is 0.239 e. The van der Waals surface area contributed by atoms with Gasteiger partial charge >= 0.3 is 0 Å². The van der Waals surface area contributed by atoms with Crippen molar-refractivity contribution >= 4 is 35.8 Å². The van der Waals surface area contributed by atoms with Gasteiger partial charge in [0.05, 0.1) is 20.2 Å². The lowest BCUT2D eigenvalue weighted by molar-refractivity contribution is -0.120. The molecule has 2 aromatic rings. The van der Waals surface area contributed by atoms with Crippen LogP contribution < -0.4 is 25.4 Å². The molecule has 7 nitrogen and oxygen atoms in total. The summed E-state index contributed by atoms with van der Waals surface area (Å²) in [6.45, 7) is 2.69. The second kappa shape index (κ2) is 13.6. The van der Waals surface area contributed by atoms with E-state index < -0.39 is 5.82 Å². The molecule has 1 amide bonds. The number of hydrogen-bond donors (Lipinski definition) is 3. The highest BCUT2D eigenvalue weighted by molar-refractivity contribution is 14.0. The Balaban J connectivity index is 0.00000450. The Bertz CT molecular complexity index is 818. The van der Waals surface area contributed by atoms with Crippen LogP contribution in [0.25, 0.3) is 0 Å². The minimum atomic E-state index is -0.407. The molecule has 3 N–H and O–H groups in total. The quantitative estimate of drug-likeness (QED) is 0.264. The van der Waals surface area contributed by atoms with Gasteiger partial charge < -0.3 is 25.4 Å². The van der Waals surface area contributed by atoms with E-state index in [1.54, 1.807) is 32.4 Å². The Morgan fingerprint density at radius 1 is 1.10 bits per heavy atom. The van der Waals surface area contributed by atoms with Crippen LogP contribution in [-0.4, -0.2) is 45.2 Å². The van der Waals surface area contributed by atoms with E-state index in [2.05, 4.69) is 20.9 Å². The number of hydrogen-bond acceptors (Lipinski definition) is 4. The van der Waals surface area contributed by atoms with Crippen molar-refractivity contribution in [2.24, 2.45) is 4.99 Å². The third-order valence-electron chi connectivity index (χ3n) is 4.01. The number of carbonyl (C=O) groups excluding carboxylic acids is 1. The number of guanidine groups is 1. The molecule has 0 heterocycles. The smallest absolute Gasteiger partial charge is 0.239 e. The van der Waals surface area contributed by atoms with Crippen LogP contribution in [0, 0.1) is 5.82 Å². The molecule has 9 heteroatoms. The van der Waals surface area contributed by atoms with Crippen LogP contribution in [0.3, 0.4) is 0 Å². The lowest BCUT2D eigenvalue weighted by Gasteiger charge is -2.18. The fourth-order valence-electron chi connectivity index (χ4n) is 2.43. The average Bonchev–Trinajstić information content (AvgIpc) is 2.74. The average molecular weight is 530 g/mol. The van der Waals surface area contributed by atoms with Crippen LogP contribution >= 0.6 is 24.0 Å². The Labute approximate surface area is 193 Å². The monoisotopic (exact) mass is 530 g/mol. The molecule has 2 rings (SSSR count). The number of nitrogens with one attached hydrogen (secondary N) is 3. The van der Waals surface area contributed by atoms with Gasteiger partial charge in [0.2, 0.25) is 5.91 Å². The largest absolute Gasteiger partial charge is 0.497 e. The molecule has 1 atom stereocenters. The van der Waals surface area contributed by atoms with Gasteiger partial charge in [-0.25, -0.2) is 4.39 Å². The first kappa shape index (κ1) is 25.5. The van der Waals surface area contributed by atoms with Crippen LogP contribution in [0.1, 0.15) is 12.5 Å². The van der Waals surface area contributed by atoms with E-state index >= 15 is 0 Å². The van der Waals surface area contributed by atoms with E-state index in [4.69, 9.17) is 9.47 Å². The van der Waals surface area contributed by atoms with Crippen molar-refractivity contribution in [2.45, 2.75) is 19.6 Å². The summed E-state index contributed by atoms with van der Waals surface area (Å²) in [5.41, 5.74) is 0.973. The van der Waals surface area contributed by atoms with Gasteiger partial charge in [0.15, 0.2) is 17.5 Å². The molecule has 0 aromatic heterocycles. The Kier molecular flexibility index (Phi) is 11.6. The standard InChI is InChI=1S/C21H27FN4O3.HI/c1-15(29-19-7-5-4-6-18(19)22)12-25-21(23-2)26-14-20(27)24-13-16-8-10-17(28-3)11-9-16;/h4-11,15H,12-14H2,1-3H3,(H,24,27)(H2,23,25,26);1H. The predicted molar refractivity (Wildman–Crippen MR) is 126 cm³/mol. The highest BCUT2D eigenvalue weighted by Crippen LogP contribution is 2.16. The Hall–Kier alpha value is -2.56. The first-order valence-electron chi connectivity index (χ1n) is 9.27. The zero-order valence-electron chi connectivity index (χ0n) is 17.3. The molecule has 0 saturated heterocycles. The molecule has 30 heavy (non-hydrogen) atoms. The van der Waals surface area contributed by atoms with Crippen molar-refractivity contribution in [3.05, 3.63) is 59.9 Å². The third kappa shape index (κ3) is 8.85. The first-order chi connectivity index (χ1) is 14.0. The zero-order chi connectivity index (χ0) is 21.1. The number of halogens is 2. The van der Waals surface area contributed by atoms with E-state index in [1.165, 1.54) is 6.07 Å². The number of rotatable bonds is 9. The maximum atomic E-state index is 13.6. The van der Waals surface area contributed by atoms with Crippen LogP contribution in [-0.2, 0) is 11.3 Å². The van der Waals surface area contributed by atoms with Crippen molar-refractivity contribution < 1.29 is 18.7 Å². The number of ether oxygens (including phenoxy) is 2. The van der Waals surface area contributed by atoms with Crippen LogP contribution in [0.2, 0.25) is 0 Å². The minimum absolute atomic E-state index is 0. The van der Waals surface area contributed by atoms with Crippen LogP contribution in [0.4, 0.5) is 4.39 Å². The number of para-hydroxylation sites is 1. The summed E-state index contributed by atoms with van der Waals surface area (Å²) in [6, 6.07) is 13.7. The van der Waals surface area contributed by atoms with Crippen molar-refractivity contribution in [3.63, 3.8) is 0 Å². The highest BCUT2D eigenvalue weighted by atomic mass is 127. The number of carbonyl (C=O) groups is 1. The zero-order valence-corrected chi connectivity index (χ0v) is 19.6. The van der Waals surface area contributed by atoms with Crippen molar-refractivity contribution in [2.75, 3.05) is 27.2 Å².